The van der Waals surface area contributed by atoms with Crippen molar-refractivity contribution in [1.29, 1.82) is 0 Å². The predicted molar refractivity (Wildman–Crippen MR) is 266 cm³/mol. The molecule has 1 saturated carbocycles. The maximum Gasteiger partial charge on any atom is 0.472 e. The monoisotopic (exact) mass is 962 g/mol. The first-order chi connectivity index (χ1) is 31.8. The van der Waals surface area contributed by atoms with Crippen molar-refractivity contribution in [1.82, 2.24) is 5.32 Å². The summed E-state index contributed by atoms with van der Waals surface area (Å²) in [5.41, 5.74) is 0. The van der Waals surface area contributed by atoms with Crippen LogP contribution >= 0.6 is 7.82 Å². The van der Waals surface area contributed by atoms with Gasteiger partial charge in [-0.3, -0.25) is 13.8 Å². The van der Waals surface area contributed by atoms with Gasteiger partial charge in [0.2, 0.25) is 5.91 Å². The molecule has 66 heavy (non-hydrogen) atoms. The average Bonchev–Trinajstić information content (AvgIpc) is 3.29. The van der Waals surface area contributed by atoms with Crippen LogP contribution in [0.5, 0.6) is 0 Å². The molecule has 1 rings (SSSR count). The number of phosphoric ester groups is 1. The van der Waals surface area contributed by atoms with Crippen molar-refractivity contribution in [2.75, 3.05) is 6.61 Å². The Labute approximate surface area is 401 Å². The lowest BCUT2D eigenvalue weighted by atomic mass is 9.85. The van der Waals surface area contributed by atoms with Gasteiger partial charge in [-0.15, -0.1) is 0 Å². The molecule has 0 aromatic rings. The second kappa shape index (κ2) is 41.6. The smallest absolute Gasteiger partial charge is 0.393 e. The molecular weight excluding hydrogens is 862 g/mol. The number of carbonyl (C=O) groups is 1. The zero-order chi connectivity index (χ0) is 48.7. The number of unbranched alkanes of at least 4 members (excludes halogenated alkanes) is 30. The van der Waals surface area contributed by atoms with Gasteiger partial charge in [0.15, 0.2) is 0 Å². The van der Waals surface area contributed by atoms with E-state index in [1.807, 2.05) is 0 Å². The van der Waals surface area contributed by atoms with Crippen LogP contribution in [0.3, 0.4) is 0 Å². The summed E-state index contributed by atoms with van der Waals surface area (Å²) < 4.78 is 23.0. The largest absolute Gasteiger partial charge is 0.472 e. The Morgan fingerprint density at radius 3 is 1.29 bits per heavy atom. The van der Waals surface area contributed by atoms with Crippen LogP contribution in [0.15, 0.2) is 24.3 Å². The molecule has 0 aliphatic heterocycles. The van der Waals surface area contributed by atoms with Crippen LogP contribution < -0.4 is 5.32 Å². The highest BCUT2D eigenvalue weighted by Gasteiger charge is 2.51. The molecule has 14 heteroatoms. The molecule has 8 unspecified atom stereocenters. The maximum atomic E-state index is 13.0. The average molecular weight is 962 g/mol. The van der Waals surface area contributed by atoms with Gasteiger partial charge in [0, 0.05) is 0 Å². The SMILES string of the molecule is CCCCCCCC/C=C\CCCCCCCC(O)CC(=O)NC(COP(=O)(O)OC1C(O)C(O)C(O)C(O)C1O)C(O)/C=C/CCCCCCCCCCCCCCCCCCCCC. The fraction of sp³-hybridized carbons (Fsp3) is 0.904. The van der Waals surface area contributed by atoms with E-state index >= 15 is 0 Å². The second-order valence-corrected chi connectivity index (χ2v) is 20.7. The first-order valence-corrected chi connectivity index (χ1v) is 28.4. The molecular formula is C52H100NO12P. The van der Waals surface area contributed by atoms with Crippen molar-refractivity contribution in [3.8, 4) is 0 Å². The van der Waals surface area contributed by atoms with Crippen LogP contribution in [0.4, 0.5) is 0 Å². The molecule has 0 bridgehead atoms. The lowest BCUT2D eigenvalue weighted by molar-refractivity contribution is -0.220. The summed E-state index contributed by atoms with van der Waals surface area (Å²) >= 11 is 0. The molecule has 1 aliphatic carbocycles. The third-order valence-electron chi connectivity index (χ3n) is 13.0. The van der Waals surface area contributed by atoms with Gasteiger partial charge in [0.25, 0.3) is 0 Å². The maximum absolute atomic E-state index is 13.0. The highest BCUT2D eigenvalue weighted by atomic mass is 31.2. The lowest BCUT2D eigenvalue weighted by Crippen LogP contribution is -2.64. The molecule has 0 radical (unpaired) electrons. The van der Waals surface area contributed by atoms with Gasteiger partial charge in [-0.05, 0) is 44.9 Å². The van der Waals surface area contributed by atoms with Gasteiger partial charge in [0.1, 0.15) is 36.6 Å². The van der Waals surface area contributed by atoms with E-state index in [1.165, 1.54) is 147 Å². The Hall–Kier alpha value is -1.22. The van der Waals surface area contributed by atoms with Gasteiger partial charge in [0.05, 0.1) is 31.3 Å². The van der Waals surface area contributed by atoms with E-state index in [1.54, 1.807) is 6.08 Å². The number of carbonyl (C=O) groups excluding carboxylic acids is 1. The van der Waals surface area contributed by atoms with Crippen molar-refractivity contribution in [3.63, 3.8) is 0 Å². The Kier molecular flexibility index (Phi) is 39.5. The molecule has 8 atom stereocenters. The van der Waals surface area contributed by atoms with Crippen molar-refractivity contribution >= 4 is 13.7 Å². The van der Waals surface area contributed by atoms with E-state index in [0.29, 0.717) is 12.8 Å². The van der Waals surface area contributed by atoms with Gasteiger partial charge >= 0.3 is 7.82 Å². The van der Waals surface area contributed by atoms with Crippen LogP contribution in [0.25, 0.3) is 0 Å². The molecule has 0 aromatic carbocycles. The van der Waals surface area contributed by atoms with Crippen LogP contribution in [0.2, 0.25) is 0 Å². The van der Waals surface area contributed by atoms with E-state index in [0.717, 1.165) is 64.2 Å². The minimum Gasteiger partial charge on any atom is -0.393 e. The summed E-state index contributed by atoms with van der Waals surface area (Å²) in [7, 11) is -5.15. The lowest BCUT2D eigenvalue weighted by Gasteiger charge is -2.41. The van der Waals surface area contributed by atoms with Gasteiger partial charge in [-0.1, -0.05) is 212 Å². The summed E-state index contributed by atoms with van der Waals surface area (Å²) in [5, 5.41) is 74.7. The highest BCUT2D eigenvalue weighted by molar-refractivity contribution is 7.47. The van der Waals surface area contributed by atoms with Crippen molar-refractivity contribution < 1.29 is 59.0 Å². The van der Waals surface area contributed by atoms with Crippen molar-refractivity contribution in [3.05, 3.63) is 24.3 Å². The van der Waals surface area contributed by atoms with Gasteiger partial charge in [-0.25, -0.2) is 4.57 Å². The normalized spacial score (nSPS) is 22.5. The molecule has 0 heterocycles. The topological polar surface area (TPSA) is 226 Å². The Morgan fingerprint density at radius 1 is 0.530 bits per heavy atom. The summed E-state index contributed by atoms with van der Waals surface area (Å²) in [6, 6.07) is -1.24. The fourth-order valence-electron chi connectivity index (χ4n) is 8.65. The van der Waals surface area contributed by atoms with E-state index in [2.05, 4.69) is 31.3 Å². The number of aliphatic hydroxyl groups is 7. The van der Waals surface area contributed by atoms with E-state index < -0.39 is 75.2 Å². The molecule has 13 nitrogen and oxygen atoms in total. The third kappa shape index (κ3) is 32.6. The van der Waals surface area contributed by atoms with Crippen molar-refractivity contribution in [2.45, 2.75) is 293 Å². The van der Waals surface area contributed by atoms with E-state index in [-0.39, 0.29) is 6.42 Å². The van der Waals surface area contributed by atoms with Crippen molar-refractivity contribution in [2.24, 2.45) is 0 Å². The van der Waals surface area contributed by atoms with Gasteiger partial charge in [-0.2, -0.15) is 0 Å². The first-order valence-electron chi connectivity index (χ1n) is 26.9. The number of hydrogen-bond donors (Lipinski definition) is 9. The summed E-state index contributed by atoms with van der Waals surface area (Å²) in [6.07, 6.45) is 34.0. The first kappa shape index (κ1) is 62.8. The molecule has 0 aromatic heterocycles. The minimum absolute atomic E-state index is 0.248. The van der Waals surface area contributed by atoms with E-state index in [9.17, 15) is 50.0 Å². The minimum atomic E-state index is -5.15. The number of rotatable bonds is 45. The molecule has 0 spiro atoms. The molecule has 9 N–H and O–H groups in total. The number of allylic oxidation sites excluding steroid dienone is 3. The quantitative estimate of drug-likeness (QED) is 0.0158. The summed E-state index contributed by atoms with van der Waals surface area (Å²) in [5.74, 6) is -0.595. The van der Waals surface area contributed by atoms with Crippen LogP contribution in [0.1, 0.15) is 239 Å². The van der Waals surface area contributed by atoms with E-state index in [4.69, 9.17) is 9.05 Å². The number of nitrogens with one attached hydrogen (secondary N) is 1. The molecule has 1 amide bonds. The highest BCUT2D eigenvalue weighted by Crippen LogP contribution is 2.47. The molecule has 390 valence electrons. The number of aliphatic hydroxyl groups excluding tert-OH is 7. The zero-order valence-electron chi connectivity index (χ0n) is 41.6. The van der Waals surface area contributed by atoms with Crippen LogP contribution in [-0.4, -0.2) is 108 Å². The molecule has 1 fully saturated rings. The second-order valence-electron chi connectivity index (χ2n) is 19.3. The Balaban J connectivity index is 2.47. The third-order valence-corrected chi connectivity index (χ3v) is 14.0. The number of phosphoric acid groups is 1. The zero-order valence-corrected chi connectivity index (χ0v) is 42.5. The molecule has 1 aliphatic rings. The summed E-state index contributed by atoms with van der Waals surface area (Å²) in [4.78, 5) is 23.5. The Bertz CT molecular complexity index is 1230. The predicted octanol–water partition coefficient (Wildman–Crippen LogP) is 10.3. The molecule has 0 saturated heterocycles. The number of amides is 1. The van der Waals surface area contributed by atoms with Crippen LogP contribution in [-0.2, 0) is 18.4 Å². The van der Waals surface area contributed by atoms with Gasteiger partial charge < -0.3 is 46.0 Å². The Morgan fingerprint density at radius 2 is 0.879 bits per heavy atom. The standard InChI is InChI=1S/C52H100NO12P/c1-3-5-7-9-11-13-15-17-19-20-21-22-23-24-26-28-30-32-34-36-38-40-45(55)44(42-64-66(62,63)65-52-50(60)48(58)47(57)49(59)51(52)61)53-46(56)41-43(54)39-37-35-33-31-29-27-25-18-16-14-12-10-8-6-4-2/h18,25,38,40,43-45,47-52,54-55,57-61H,3-17,19-24,26-37,39,41-42H2,1-2H3,(H,53,56)(H,62,63)/b25-18-,40-38+. The van der Waals surface area contributed by atoms with Crippen LogP contribution in [0, 0.1) is 0 Å². The fourth-order valence-corrected chi connectivity index (χ4v) is 9.62. The summed E-state index contributed by atoms with van der Waals surface area (Å²) in [6.45, 7) is 3.76. The number of hydrogen-bond acceptors (Lipinski definition) is 11.